The summed E-state index contributed by atoms with van der Waals surface area (Å²) in [5, 5.41) is 6.64. The maximum absolute atomic E-state index is 14.0. The lowest BCUT2D eigenvalue weighted by Crippen LogP contribution is -2.16. The molecule has 1 heterocycles. The van der Waals surface area contributed by atoms with E-state index in [-0.39, 0.29) is 11.5 Å². The van der Waals surface area contributed by atoms with E-state index in [2.05, 4.69) is 20.4 Å². The first-order valence-corrected chi connectivity index (χ1v) is 8.05. The molecule has 0 aliphatic heterocycles. The molecule has 1 aromatic carbocycles. The van der Waals surface area contributed by atoms with Gasteiger partial charge in [0.1, 0.15) is 12.1 Å². The minimum atomic E-state index is -0.553. The minimum absolute atomic E-state index is 0.0152. The summed E-state index contributed by atoms with van der Waals surface area (Å²) in [6.07, 6.45) is 4.03. The molecule has 0 fully saturated rings. The van der Waals surface area contributed by atoms with Crippen LogP contribution in [0.3, 0.4) is 0 Å². The van der Waals surface area contributed by atoms with Gasteiger partial charge in [-0.05, 0) is 38.8 Å². The normalized spacial score (nSPS) is 11.3. The number of aliphatic imine (C=N–C) groups is 1. The predicted molar refractivity (Wildman–Crippen MR) is 96.3 cm³/mol. The Balaban J connectivity index is 2.10. The van der Waals surface area contributed by atoms with Crippen molar-refractivity contribution >= 4 is 17.3 Å². The van der Waals surface area contributed by atoms with Gasteiger partial charge in [-0.2, -0.15) is 0 Å². The predicted octanol–water partition coefficient (Wildman–Crippen LogP) is 3.75. The van der Waals surface area contributed by atoms with E-state index in [0.717, 1.165) is 17.7 Å². The number of hydrogen-bond donors (Lipinski definition) is 1. The van der Waals surface area contributed by atoms with Crippen LogP contribution in [0.1, 0.15) is 43.4 Å². The molecule has 1 amide bonds. The number of aromatic nitrogens is 3. The molecular weight excluding hydrogens is 321 g/mol. The second-order valence-corrected chi connectivity index (χ2v) is 5.91. The molecule has 0 unspecified atom stereocenters. The largest absolute Gasteiger partial charge is 0.317 e. The van der Waals surface area contributed by atoms with Gasteiger partial charge in [0.15, 0.2) is 0 Å². The topological polar surface area (TPSA) is 72.2 Å². The van der Waals surface area contributed by atoms with Gasteiger partial charge >= 0.3 is 0 Å². The molecule has 2 rings (SSSR count). The van der Waals surface area contributed by atoms with Crippen LogP contribution in [0.5, 0.6) is 0 Å². The molecule has 0 saturated heterocycles. The summed E-state index contributed by atoms with van der Waals surface area (Å²) in [7, 11) is 0. The van der Waals surface area contributed by atoms with E-state index >= 15 is 0 Å². The van der Waals surface area contributed by atoms with Crippen molar-refractivity contribution < 1.29 is 9.18 Å². The SMILES string of the molecule is CCC(Cn1cnc(C(=O)Nc2cccc(C)c2F)n1)=NC=C(C)C. The third-order valence-corrected chi connectivity index (χ3v) is 3.44. The van der Waals surface area contributed by atoms with E-state index in [9.17, 15) is 9.18 Å². The number of benzene rings is 1. The van der Waals surface area contributed by atoms with Crippen molar-refractivity contribution in [1.82, 2.24) is 14.8 Å². The molecule has 7 heteroatoms. The summed E-state index contributed by atoms with van der Waals surface area (Å²) in [4.78, 5) is 20.6. The van der Waals surface area contributed by atoms with Crippen molar-refractivity contribution in [3.05, 3.63) is 53.5 Å². The van der Waals surface area contributed by atoms with Crippen molar-refractivity contribution in [2.45, 2.75) is 40.7 Å². The highest BCUT2D eigenvalue weighted by atomic mass is 19.1. The summed E-state index contributed by atoms with van der Waals surface area (Å²) < 4.78 is 15.5. The molecule has 25 heavy (non-hydrogen) atoms. The van der Waals surface area contributed by atoms with Gasteiger partial charge < -0.3 is 5.32 Å². The second-order valence-electron chi connectivity index (χ2n) is 5.91. The number of amides is 1. The Labute approximate surface area is 146 Å². The maximum atomic E-state index is 14.0. The Kier molecular flexibility index (Phi) is 6.16. The van der Waals surface area contributed by atoms with E-state index in [1.165, 1.54) is 12.4 Å². The van der Waals surface area contributed by atoms with Gasteiger partial charge in [0.05, 0.1) is 12.2 Å². The molecule has 2 aromatic rings. The minimum Gasteiger partial charge on any atom is -0.317 e. The monoisotopic (exact) mass is 343 g/mol. The van der Waals surface area contributed by atoms with Gasteiger partial charge in [-0.15, -0.1) is 5.10 Å². The van der Waals surface area contributed by atoms with E-state index in [0.29, 0.717) is 12.1 Å². The number of anilines is 1. The zero-order valence-electron chi connectivity index (χ0n) is 14.9. The Hall–Kier alpha value is -2.83. The third kappa shape index (κ3) is 5.07. The Morgan fingerprint density at radius 2 is 2.16 bits per heavy atom. The lowest BCUT2D eigenvalue weighted by molar-refractivity contribution is 0.101. The van der Waals surface area contributed by atoms with Gasteiger partial charge in [-0.3, -0.25) is 9.79 Å². The number of aryl methyl sites for hydroxylation is 1. The van der Waals surface area contributed by atoms with Crippen LogP contribution in [0.15, 0.2) is 41.3 Å². The van der Waals surface area contributed by atoms with Gasteiger partial charge in [0, 0.05) is 11.9 Å². The van der Waals surface area contributed by atoms with Crippen LogP contribution in [0.25, 0.3) is 0 Å². The molecule has 132 valence electrons. The fourth-order valence-electron chi connectivity index (χ4n) is 2.05. The van der Waals surface area contributed by atoms with Crippen LogP contribution < -0.4 is 5.32 Å². The Morgan fingerprint density at radius 1 is 1.40 bits per heavy atom. The first-order chi connectivity index (χ1) is 11.9. The Morgan fingerprint density at radius 3 is 2.84 bits per heavy atom. The summed E-state index contributed by atoms with van der Waals surface area (Å²) >= 11 is 0. The number of hydrogen-bond acceptors (Lipinski definition) is 4. The van der Waals surface area contributed by atoms with Crippen LogP contribution in [-0.4, -0.2) is 26.4 Å². The smallest absolute Gasteiger partial charge is 0.295 e. The highest BCUT2D eigenvalue weighted by Gasteiger charge is 2.15. The van der Waals surface area contributed by atoms with Crippen LogP contribution in [0.4, 0.5) is 10.1 Å². The first-order valence-electron chi connectivity index (χ1n) is 8.05. The number of carbonyl (C=O) groups is 1. The first kappa shape index (κ1) is 18.5. The zero-order chi connectivity index (χ0) is 18.4. The van der Waals surface area contributed by atoms with Crippen molar-refractivity contribution in [2.24, 2.45) is 4.99 Å². The Bertz CT molecular complexity index is 819. The molecule has 0 aliphatic rings. The average molecular weight is 343 g/mol. The average Bonchev–Trinajstić information content (AvgIpc) is 3.04. The quantitative estimate of drug-likeness (QED) is 0.812. The molecule has 0 radical (unpaired) electrons. The fourth-order valence-corrected chi connectivity index (χ4v) is 2.05. The molecule has 1 aromatic heterocycles. The van der Waals surface area contributed by atoms with Gasteiger partial charge in [0.25, 0.3) is 5.91 Å². The van der Waals surface area contributed by atoms with Crippen molar-refractivity contribution in [3.8, 4) is 0 Å². The van der Waals surface area contributed by atoms with E-state index in [4.69, 9.17) is 0 Å². The van der Waals surface area contributed by atoms with Crippen LogP contribution in [0, 0.1) is 12.7 Å². The summed E-state index contributed by atoms with van der Waals surface area (Å²) in [5.41, 5.74) is 2.59. The molecule has 0 saturated carbocycles. The number of nitrogens with zero attached hydrogens (tertiary/aromatic N) is 4. The van der Waals surface area contributed by atoms with Crippen molar-refractivity contribution in [3.63, 3.8) is 0 Å². The molecule has 0 spiro atoms. The third-order valence-electron chi connectivity index (χ3n) is 3.44. The number of rotatable bonds is 6. The van der Waals surface area contributed by atoms with E-state index < -0.39 is 11.7 Å². The summed E-state index contributed by atoms with van der Waals surface area (Å²) in [6, 6.07) is 4.81. The number of halogens is 1. The van der Waals surface area contributed by atoms with Crippen molar-refractivity contribution in [1.29, 1.82) is 0 Å². The maximum Gasteiger partial charge on any atom is 0.295 e. The van der Waals surface area contributed by atoms with Crippen molar-refractivity contribution in [2.75, 3.05) is 5.32 Å². The van der Waals surface area contributed by atoms with E-state index in [1.54, 1.807) is 29.9 Å². The number of nitrogens with one attached hydrogen (secondary N) is 1. The molecule has 1 N–H and O–H groups in total. The molecule has 0 aliphatic carbocycles. The van der Waals surface area contributed by atoms with Gasteiger partial charge in [0.2, 0.25) is 5.82 Å². The summed E-state index contributed by atoms with van der Waals surface area (Å²) in [6.45, 7) is 8.02. The highest BCUT2D eigenvalue weighted by Crippen LogP contribution is 2.17. The second kappa shape index (κ2) is 8.32. The number of allylic oxidation sites excluding steroid dienone is 1. The molecule has 0 bridgehead atoms. The lowest BCUT2D eigenvalue weighted by atomic mass is 10.2. The van der Waals surface area contributed by atoms with Gasteiger partial charge in [-0.25, -0.2) is 14.1 Å². The van der Waals surface area contributed by atoms with E-state index in [1.807, 2.05) is 20.8 Å². The standard InChI is InChI=1S/C18H22FN5O/c1-5-14(20-9-12(2)3)10-24-11-21-17(23-24)18(25)22-15-8-6-7-13(4)16(15)19/h6-9,11H,5,10H2,1-4H3,(H,22,25). The van der Waals surface area contributed by atoms with Gasteiger partial charge in [-0.1, -0.05) is 24.6 Å². The number of carbonyl (C=O) groups excluding carboxylic acids is 1. The highest BCUT2D eigenvalue weighted by molar-refractivity contribution is 6.01. The fraction of sp³-hybridized carbons (Fsp3) is 0.333. The molecule has 0 atom stereocenters. The molecule has 6 nitrogen and oxygen atoms in total. The van der Waals surface area contributed by atoms with Crippen LogP contribution in [0.2, 0.25) is 0 Å². The summed E-state index contributed by atoms with van der Waals surface area (Å²) in [5.74, 6) is -1.03. The zero-order valence-corrected chi connectivity index (χ0v) is 14.9. The van der Waals surface area contributed by atoms with Crippen LogP contribution >= 0.6 is 0 Å². The molecular formula is C18H22FN5O. The van der Waals surface area contributed by atoms with Crippen LogP contribution in [-0.2, 0) is 6.54 Å². The lowest BCUT2D eigenvalue weighted by Gasteiger charge is -2.06.